The SMILES string of the molecule is CCCCC/[C]=C/c1ccccc1. The zero-order valence-corrected chi connectivity index (χ0v) is 8.29. The van der Waals surface area contributed by atoms with Crippen LogP contribution < -0.4 is 0 Å². The van der Waals surface area contributed by atoms with E-state index in [-0.39, 0.29) is 0 Å². The van der Waals surface area contributed by atoms with Gasteiger partial charge in [-0.3, -0.25) is 0 Å². The van der Waals surface area contributed by atoms with Crippen LogP contribution >= 0.6 is 0 Å². The van der Waals surface area contributed by atoms with E-state index in [1.807, 2.05) is 6.07 Å². The van der Waals surface area contributed by atoms with Crippen LogP contribution in [0.2, 0.25) is 0 Å². The number of hydrogen-bond donors (Lipinski definition) is 0. The summed E-state index contributed by atoms with van der Waals surface area (Å²) in [7, 11) is 0. The second kappa shape index (κ2) is 6.47. The molecule has 0 atom stereocenters. The van der Waals surface area contributed by atoms with Crippen molar-refractivity contribution in [3.05, 3.63) is 42.0 Å². The molecule has 0 heteroatoms. The molecule has 0 N–H and O–H groups in total. The van der Waals surface area contributed by atoms with Crippen molar-refractivity contribution < 1.29 is 0 Å². The summed E-state index contributed by atoms with van der Waals surface area (Å²) in [5.41, 5.74) is 1.25. The van der Waals surface area contributed by atoms with Gasteiger partial charge in [-0.25, -0.2) is 0 Å². The van der Waals surface area contributed by atoms with Gasteiger partial charge in [0, 0.05) is 0 Å². The number of rotatable bonds is 5. The number of allylic oxidation sites excluding steroid dienone is 1. The molecule has 1 aromatic carbocycles. The Morgan fingerprint density at radius 3 is 2.62 bits per heavy atom. The molecule has 1 rings (SSSR count). The van der Waals surface area contributed by atoms with Crippen LogP contribution in [0.25, 0.3) is 6.08 Å². The molecular weight excluding hydrogens is 156 g/mol. The van der Waals surface area contributed by atoms with Crippen molar-refractivity contribution in [3.8, 4) is 0 Å². The van der Waals surface area contributed by atoms with E-state index >= 15 is 0 Å². The predicted molar refractivity (Wildman–Crippen MR) is 58.3 cm³/mol. The lowest BCUT2D eigenvalue weighted by Crippen LogP contribution is -1.72. The van der Waals surface area contributed by atoms with Gasteiger partial charge in [-0.05, 0) is 24.5 Å². The Morgan fingerprint density at radius 2 is 1.92 bits per heavy atom. The highest BCUT2D eigenvalue weighted by atomic mass is 13.9. The van der Waals surface area contributed by atoms with Gasteiger partial charge in [0.15, 0.2) is 0 Å². The van der Waals surface area contributed by atoms with E-state index in [1.54, 1.807) is 0 Å². The first-order valence-corrected chi connectivity index (χ1v) is 5.05. The molecule has 0 aliphatic rings. The molecule has 0 heterocycles. The van der Waals surface area contributed by atoms with E-state index in [0.29, 0.717) is 0 Å². The maximum Gasteiger partial charge on any atom is -0.0254 e. The monoisotopic (exact) mass is 173 g/mol. The van der Waals surface area contributed by atoms with Crippen molar-refractivity contribution in [1.82, 2.24) is 0 Å². The minimum atomic E-state index is 1.09. The fourth-order valence-corrected chi connectivity index (χ4v) is 1.22. The van der Waals surface area contributed by atoms with Gasteiger partial charge in [-0.1, -0.05) is 56.2 Å². The van der Waals surface area contributed by atoms with Crippen LogP contribution in [0.1, 0.15) is 38.2 Å². The third-order valence-electron chi connectivity index (χ3n) is 1.99. The fraction of sp³-hybridized carbons (Fsp3) is 0.385. The van der Waals surface area contributed by atoms with Crippen molar-refractivity contribution in [2.24, 2.45) is 0 Å². The van der Waals surface area contributed by atoms with E-state index in [2.05, 4.69) is 43.3 Å². The molecule has 0 nitrogen and oxygen atoms in total. The Hall–Kier alpha value is -1.04. The van der Waals surface area contributed by atoms with Gasteiger partial charge in [-0.2, -0.15) is 0 Å². The van der Waals surface area contributed by atoms with Crippen LogP contribution in [-0.4, -0.2) is 0 Å². The molecule has 0 saturated heterocycles. The van der Waals surface area contributed by atoms with E-state index in [1.165, 1.54) is 24.8 Å². The van der Waals surface area contributed by atoms with E-state index in [0.717, 1.165) is 6.42 Å². The molecule has 0 fully saturated rings. The minimum absolute atomic E-state index is 1.09. The molecule has 69 valence electrons. The maximum atomic E-state index is 3.31. The number of benzene rings is 1. The highest BCUT2D eigenvalue weighted by molar-refractivity contribution is 5.46. The van der Waals surface area contributed by atoms with Crippen molar-refractivity contribution >= 4 is 6.08 Å². The second-order valence-electron chi connectivity index (χ2n) is 3.22. The van der Waals surface area contributed by atoms with Crippen LogP contribution in [0.3, 0.4) is 0 Å². The van der Waals surface area contributed by atoms with Gasteiger partial charge < -0.3 is 0 Å². The van der Waals surface area contributed by atoms with Crippen molar-refractivity contribution in [1.29, 1.82) is 0 Å². The van der Waals surface area contributed by atoms with Crippen LogP contribution in [-0.2, 0) is 0 Å². The molecule has 13 heavy (non-hydrogen) atoms. The molecule has 0 amide bonds. The van der Waals surface area contributed by atoms with Crippen LogP contribution in [0.5, 0.6) is 0 Å². The molecule has 0 spiro atoms. The third-order valence-corrected chi connectivity index (χ3v) is 1.99. The summed E-state index contributed by atoms with van der Waals surface area (Å²) in [4.78, 5) is 0. The zero-order chi connectivity index (χ0) is 9.36. The average Bonchev–Trinajstić information content (AvgIpc) is 2.19. The van der Waals surface area contributed by atoms with Gasteiger partial charge in [0.2, 0.25) is 0 Å². The highest BCUT2D eigenvalue weighted by Gasteiger charge is 1.84. The molecule has 0 unspecified atom stereocenters. The molecule has 0 aromatic heterocycles. The Labute approximate surface area is 81.3 Å². The van der Waals surface area contributed by atoms with Gasteiger partial charge in [0.1, 0.15) is 0 Å². The molecule has 1 aromatic rings. The highest BCUT2D eigenvalue weighted by Crippen LogP contribution is 2.04. The van der Waals surface area contributed by atoms with Gasteiger partial charge in [0.05, 0.1) is 0 Å². The Kier molecular flexibility index (Phi) is 5.00. The summed E-state index contributed by atoms with van der Waals surface area (Å²) in [6.07, 6.45) is 10.3. The summed E-state index contributed by atoms with van der Waals surface area (Å²) < 4.78 is 0. The molecule has 0 bridgehead atoms. The van der Waals surface area contributed by atoms with Crippen LogP contribution in [0.4, 0.5) is 0 Å². The quantitative estimate of drug-likeness (QED) is 0.588. The third kappa shape index (κ3) is 4.51. The summed E-state index contributed by atoms with van der Waals surface area (Å²) in [5, 5.41) is 0. The average molecular weight is 173 g/mol. The molecule has 0 saturated carbocycles. The number of unbranched alkanes of at least 4 members (excludes halogenated alkanes) is 3. The Morgan fingerprint density at radius 1 is 1.15 bits per heavy atom. The minimum Gasteiger partial charge on any atom is -0.0654 e. The summed E-state index contributed by atoms with van der Waals surface area (Å²) in [6, 6.07) is 10.4. The smallest absolute Gasteiger partial charge is 0.0254 e. The predicted octanol–water partition coefficient (Wildman–Crippen LogP) is 4.08. The van der Waals surface area contributed by atoms with E-state index < -0.39 is 0 Å². The zero-order valence-electron chi connectivity index (χ0n) is 8.29. The Bertz CT molecular complexity index is 233. The van der Waals surface area contributed by atoms with E-state index in [4.69, 9.17) is 0 Å². The molecule has 0 aliphatic heterocycles. The molecular formula is C13H17. The van der Waals surface area contributed by atoms with Gasteiger partial charge in [0.25, 0.3) is 0 Å². The first-order chi connectivity index (χ1) is 6.43. The lowest BCUT2D eigenvalue weighted by atomic mass is 10.1. The topological polar surface area (TPSA) is 0 Å². The summed E-state index contributed by atoms with van der Waals surface area (Å²) in [6.45, 7) is 2.22. The van der Waals surface area contributed by atoms with E-state index in [9.17, 15) is 0 Å². The first kappa shape index (κ1) is 10.0. The van der Waals surface area contributed by atoms with Crippen molar-refractivity contribution in [2.45, 2.75) is 32.6 Å². The number of hydrogen-bond acceptors (Lipinski definition) is 0. The maximum absolute atomic E-state index is 3.31. The molecule has 1 radical (unpaired) electrons. The van der Waals surface area contributed by atoms with Crippen LogP contribution in [0, 0.1) is 6.08 Å². The summed E-state index contributed by atoms with van der Waals surface area (Å²) in [5.74, 6) is 0. The van der Waals surface area contributed by atoms with Crippen molar-refractivity contribution in [2.75, 3.05) is 0 Å². The largest absolute Gasteiger partial charge is 0.0654 e. The van der Waals surface area contributed by atoms with Gasteiger partial charge in [-0.15, -0.1) is 0 Å². The second-order valence-corrected chi connectivity index (χ2v) is 3.22. The van der Waals surface area contributed by atoms with Gasteiger partial charge >= 0.3 is 0 Å². The van der Waals surface area contributed by atoms with Crippen molar-refractivity contribution in [3.63, 3.8) is 0 Å². The summed E-state index contributed by atoms with van der Waals surface area (Å²) >= 11 is 0. The normalized spacial score (nSPS) is 10.8. The fourth-order valence-electron chi connectivity index (χ4n) is 1.22. The first-order valence-electron chi connectivity index (χ1n) is 5.05. The Balaban J connectivity index is 2.25. The lowest BCUT2D eigenvalue weighted by Gasteiger charge is -1.92. The standard InChI is InChI=1S/C13H17/c1-2-3-4-5-7-10-13-11-8-6-9-12-13/h6,8-12H,2-5H2,1H3. The lowest BCUT2D eigenvalue weighted by molar-refractivity contribution is 0.724. The van der Waals surface area contributed by atoms with Crippen LogP contribution in [0.15, 0.2) is 30.3 Å². The molecule has 0 aliphatic carbocycles.